The first-order chi connectivity index (χ1) is 17.1. The summed E-state index contributed by atoms with van der Waals surface area (Å²) in [5.74, 6) is 1.20. The fourth-order valence-electron chi connectivity index (χ4n) is 4.73. The van der Waals surface area contributed by atoms with Crippen LogP contribution in [0.3, 0.4) is 0 Å². The molecule has 1 saturated carbocycles. The van der Waals surface area contributed by atoms with Gasteiger partial charge in [-0.05, 0) is 52.4 Å². The molecule has 1 aromatic rings. The van der Waals surface area contributed by atoms with Crippen LogP contribution in [0.1, 0.15) is 64.4 Å². The minimum absolute atomic E-state index is 0. The van der Waals surface area contributed by atoms with Crippen molar-refractivity contribution in [1.29, 1.82) is 0 Å². The third kappa shape index (κ3) is 6.16. The van der Waals surface area contributed by atoms with E-state index in [1.54, 1.807) is 0 Å². The summed E-state index contributed by atoms with van der Waals surface area (Å²) in [6.45, 7) is 6.47. The number of aromatic nitrogens is 2. The van der Waals surface area contributed by atoms with Gasteiger partial charge in [-0.3, -0.25) is 4.57 Å². The molecule has 1 aromatic heterocycles. The monoisotopic (exact) mass is 512 g/mol. The molecule has 0 radical (unpaired) electrons. The highest BCUT2D eigenvalue weighted by molar-refractivity contribution is 7.80. The largest absolute Gasteiger partial charge is 0.455 e. The first-order valence-electron chi connectivity index (χ1n) is 12.7. The van der Waals surface area contributed by atoms with Crippen LogP contribution in [0, 0.1) is 11.3 Å². The summed E-state index contributed by atoms with van der Waals surface area (Å²) in [5, 5.41) is 3.20. The molecule has 3 unspecified atom stereocenters. The number of hydrogen-bond donors (Lipinski definition) is 1. The van der Waals surface area contributed by atoms with Crippen LogP contribution in [-0.4, -0.2) is 53.4 Å². The molecule has 8 heteroatoms. The van der Waals surface area contributed by atoms with Gasteiger partial charge in [-0.1, -0.05) is 60.8 Å². The normalized spacial score (nSPS) is 26.4. The molecule has 36 heavy (non-hydrogen) atoms. The van der Waals surface area contributed by atoms with E-state index >= 15 is 0 Å². The number of hydrogen-bond acceptors (Lipinski definition) is 6. The molecule has 0 amide bonds. The Bertz CT molecular complexity index is 1120. The number of carbonyl (C=O) groups excluding carboxylic acids is 1. The van der Waals surface area contributed by atoms with Gasteiger partial charge in [-0.15, -0.1) is 0 Å². The zero-order chi connectivity index (χ0) is 25.9. The molecule has 196 valence electrons. The van der Waals surface area contributed by atoms with Crippen molar-refractivity contribution in [1.82, 2.24) is 9.55 Å². The van der Waals surface area contributed by atoms with Gasteiger partial charge in [0.05, 0.1) is 19.3 Å². The topological polar surface area (TPSA) is 68.6 Å². The van der Waals surface area contributed by atoms with Crippen molar-refractivity contribution in [2.24, 2.45) is 11.3 Å². The minimum atomic E-state index is -0.646. The summed E-state index contributed by atoms with van der Waals surface area (Å²) in [7, 11) is 3.85. The Morgan fingerprint density at radius 1 is 1.28 bits per heavy atom. The average molecular weight is 513 g/mol. The number of imidazole rings is 1. The van der Waals surface area contributed by atoms with Gasteiger partial charge in [0.25, 0.3) is 0 Å². The Morgan fingerprint density at radius 3 is 2.81 bits per heavy atom. The molecule has 4 rings (SSSR count). The Balaban J connectivity index is 0.00000380. The van der Waals surface area contributed by atoms with E-state index in [4.69, 9.17) is 26.7 Å². The lowest BCUT2D eigenvalue weighted by molar-refractivity contribution is 0.00578. The summed E-state index contributed by atoms with van der Waals surface area (Å²) in [4.78, 5) is 20.7. The number of rotatable bonds is 8. The number of anilines is 2. The number of nitrogens with one attached hydrogen (secondary N) is 1. The van der Waals surface area contributed by atoms with E-state index < -0.39 is 11.6 Å². The minimum Gasteiger partial charge on any atom is -0.455 e. The number of allylic oxidation sites excluding steroid dienone is 7. The van der Waals surface area contributed by atoms with Crippen molar-refractivity contribution < 1.29 is 15.7 Å². The van der Waals surface area contributed by atoms with Crippen LogP contribution >= 0.6 is 12.2 Å². The molecule has 7 nitrogen and oxygen atoms in total. The maximum atomic E-state index is 13.5. The molecule has 3 aliphatic carbocycles. The predicted octanol–water partition coefficient (Wildman–Crippen LogP) is 5.88. The molecule has 3 aliphatic rings. The highest BCUT2D eigenvalue weighted by atomic mass is 32.1. The number of thiocarbonyl (C=S) groups is 1. The van der Waals surface area contributed by atoms with Gasteiger partial charge in [0, 0.05) is 20.9 Å². The maximum Gasteiger partial charge on any atom is 0.359 e. The summed E-state index contributed by atoms with van der Waals surface area (Å²) in [6.07, 6.45) is 21.0. The van der Waals surface area contributed by atoms with E-state index in [1.807, 2.05) is 44.3 Å². The molecule has 0 spiro atoms. The Hall–Kier alpha value is -2.71. The van der Waals surface area contributed by atoms with E-state index in [2.05, 4.69) is 53.9 Å². The summed E-state index contributed by atoms with van der Waals surface area (Å²) in [6, 6.07) is -0.0419. The zero-order valence-electron chi connectivity index (χ0n) is 22.0. The van der Waals surface area contributed by atoms with Crippen molar-refractivity contribution in [3.05, 3.63) is 54.3 Å². The lowest BCUT2D eigenvalue weighted by Crippen LogP contribution is -2.28. The molecule has 0 aromatic carbocycles. The van der Waals surface area contributed by atoms with Gasteiger partial charge in [-0.25, -0.2) is 4.79 Å². The molecule has 1 N–H and O–H groups in total. The second kappa shape index (κ2) is 10.7. The number of esters is 1. The summed E-state index contributed by atoms with van der Waals surface area (Å²) >= 11 is 5.62. The van der Waals surface area contributed by atoms with Crippen molar-refractivity contribution in [3.8, 4) is 0 Å². The SMILES string of the molecule is CN(C)c1nc(NC(=S)COCC23C=CC=CC2C3)c(C(=O)OC(C)(C)C)n1C1/C=C\C/C=C\CC1.[HH]. The molecule has 0 aliphatic heterocycles. The predicted molar refractivity (Wildman–Crippen MR) is 151 cm³/mol. The van der Waals surface area contributed by atoms with Gasteiger partial charge in [0.15, 0.2) is 11.5 Å². The number of carbonyl (C=O) groups is 1. The van der Waals surface area contributed by atoms with E-state index in [9.17, 15) is 4.79 Å². The van der Waals surface area contributed by atoms with Gasteiger partial charge in [0.2, 0.25) is 5.95 Å². The van der Waals surface area contributed by atoms with Crippen LogP contribution in [0.2, 0.25) is 0 Å². The first-order valence-corrected chi connectivity index (χ1v) is 13.1. The van der Waals surface area contributed by atoms with Crippen molar-refractivity contribution >= 4 is 34.9 Å². The van der Waals surface area contributed by atoms with Crippen LogP contribution in [0.5, 0.6) is 0 Å². The van der Waals surface area contributed by atoms with Gasteiger partial charge >= 0.3 is 5.97 Å². The fourth-order valence-corrected chi connectivity index (χ4v) is 4.91. The fraction of sp³-hybridized carbons (Fsp3) is 0.536. The van der Waals surface area contributed by atoms with E-state index in [-0.39, 0.29) is 19.5 Å². The number of nitrogens with zero attached hydrogens (tertiary/aromatic N) is 3. The molecule has 0 bridgehead atoms. The third-order valence-electron chi connectivity index (χ3n) is 6.57. The standard InChI is InChI=1S/C28H38N4O3S.H2/c1-27(2,3)35-25(33)23-24(29-22(36)18-34-19-28-16-12-11-13-20(28)17-28)30-26(31(4)5)32(23)21-14-9-7-6-8-10-15-21;/h6-7,10-13,15-16,20-21H,8-9,14,17-19H2,1-5H3,(H,29,36);1H/b7-6-,15-10-;. The van der Waals surface area contributed by atoms with E-state index in [1.165, 1.54) is 0 Å². The Morgan fingerprint density at radius 2 is 2.08 bits per heavy atom. The molecular formula is C28H40N4O3S. The lowest BCUT2D eigenvalue weighted by Gasteiger charge is -2.25. The van der Waals surface area contributed by atoms with Crippen LogP contribution in [0.25, 0.3) is 0 Å². The molecular weight excluding hydrogens is 472 g/mol. The zero-order valence-corrected chi connectivity index (χ0v) is 22.8. The lowest BCUT2D eigenvalue weighted by atomic mass is 10.0. The smallest absolute Gasteiger partial charge is 0.359 e. The Labute approximate surface area is 221 Å². The molecule has 1 fully saturated rings. The average Bonchev–Trinajstić information content (AvgIpc) is 3.37. The number of ether oxygens (including phenoxy) is 2. The van der Waals surface area contributed by atoms with Crippen molar-refractivity contribution in [3.63, 3.8) is 0 Å². The van der Waals surface area contributed by atoms with E-state index in [0.29, 0.717) is 35.0 Å². The van der Waals surface area contributed by atoms with Crippen LogP contribution < -0.4 is 10.2 Å². The van der Waals surface area contributed by atoms with E-state index in [0.717, 1.165) is 25.7 Å². The molecule has 3 atom stereocenters. The highest BCUT2D eigenvalue weighted by Gasteiger charge is 2.51. The highest BCUT2D eigenvalue weighted by Crippen LogP contribution is 2.56. The van der Waals surface area contributed by atoms with Gasteiger partial charge in [0.1, 0.15) is 10.6 Å². The molecule has 1 heterocycles. The summed E-state index contributed by atoms with van der Waals surface area (Å²) < 4.78 is 13.8. The second-order valence-corrected chi connectivity index (χ2v) is 11.5. The third-order valence-corrected chi connectivity index (χ3v) is 6.79. The summed E-state index contributed by atoms with van der Waals surface area (Å²) in [5.41, 5.74) is -0.158. The quantitative estimate of drug-likeness (QED) is 0.265. The maximum absolute atomic E-state index is 13.5. The second-order valence-electron chi connectivity index (χ2n) is 11.0. The Kier molecular flexibility index (Phi) is 7.85. The van der Waals surface area contributed by atoms with Gasteiger partial charge in [-0.2, -0.15) is 4.98 Å². The molecule has 0 saturated heterocycles. The number of fused-ring (bicyclic) bond motifs is 1. The van der Waals surface area contributed by atoms with Gasteiger partial charge < -0.3 is 19.7 Å². The van der Waals surface area contributed by atoms with Crippen molar-refractivity contribution in [2.75, 3.05) is 37.5 Å². The first kappa shape index (κ1) is 26.4. The van der Waals surface area contributed by atoms with Crippen molar-refractivity contribution in [2.45, 2.75) is 58.1 Å². The van der Waals surface area contributed by atoms with Crippen LogP contribution in [0.4, 0.5) is 11.8 Å². The van der Waals surface area contributed by atoms with Crippen LogP contribution in [0.15, 0.2) is 48.6 Å². The van der Waals surface area contributed by atoms with Crippen LogP contribution in [-0.2, 0) is 9.47 Å².